The fourth-order valence-electron chi connectivity index (χ4n) is 1.01. The summed E-state index contributed by atoms with van der Waals surface area (Å²) in [6.07, 6.45) is 0. The SMILES string of the molecule is [B]c1nc2cc(C#N)ccc2s1. The van der Waals surface area contributed by atoms with Crippen molar-refractivity contribution in [2.24, 2.45) is 0 Å². The van der Waals surface area contributed by atoms with Crippen molar-refractivity contribution in [3.8, 4) is 6.07 Å². The summed E-state index contributed by atoms with van der Waals surface area (Å²) in [4.78, 5) is 4.61. The average Bonchev–Trinajstić information content (AvgIpc) is 2.43. The topological polar surface area (TPSA) is 36.7 Å². The molecule has 0 bridgehead atoms. The summed E-state index contributed by atoms with van der Waals surface area (Å²) in [5, 5.41) is 8.60. The average molecular weight is 170 g/mol. The van der Waals surface area contributed by atoms with Crippen LogP contribution in [0.5, 0.6) is 0 Å². The van der Waals surface area contributed by atoms with E-state index in [0.29, 0.717) is 10.5 Å². The Morgan fingerprint density at radius 3 is 3.08 bits per heavy atom. The highest BCUT2D eigenvalue weighted by Crippen LogP contribution is 2.16. The highest BCUT2D eigenvalue weighted by Gasteiger charge is 1.99. The molecule has 0 saturated heterocycles. The largest absolute Gasteiger partial charge is 0.253 e. The zero-order valence-electron chi connectivity index (χ0n) is 6.11. The van der Waals surface area contributed by atoms with Crippen LogP contribution < -0.4 is 4.91 Å². The minimum atomic E-state index is 0.542. The van der Waals surface area contributed by atoms with Crippen molar-refractivity contribution >= 4 is 34.3 Å². The highest BCUT2D eigenvalue weighted by atomic mass is 32.1. The van der Waals surface area contributed by atoms with Crippen LogP contribution in [0.3, 0.4) is 0 Å². The minimum Gasteiger partial charge on any atom is -0.253 e. The molecule has 2 nitrogen and oxygen atoms in total. The molecule has 12 heavy (non-hydrogen) atoms. The molecule has 0 fully saturated rings. The minimum absolute atomic E-state index is 0.542. The van der Waals surface area contributed by atoms with Crippen molar-refractivity contribution in [2.45, 2.75) is 0 Å². The third-order valence-electron chi connectivity index (χ3n) is 1.53. The molecule has 0 aliphatic rings. The molecule has 0 aliphatic heterocycles. The first-order chi connectivity index (χ1) is 5.79. The van der Waals surface area contributed by atoms with E-state index >= 15 is 0 Å². The van der Waals surface area contributed by atoms with E-state index < -0.39 is 0 Å². The van der Waals surface area contributed by atoms with E-state index in [1.807, 2.05) is 6.07 Å². The van der Waals surface area contributed by atoms with E-state index in [2.05, 4.69) is 11.1 Å². The molecule has 1 aromatic carbocycles. The Morgan fingerprint density at radius 2 is 2.33 bits per heavy atom. The van der Waals surface area contributed by atoms with Gasteiger partial charge in [0.15, 0.2) is 7.85 Å². The van der Waals surface area contributed by atoms with Crippen molar-refractivity contribution in [1.82, 2.24) is 4.98 Å². The Bertz CT molecular complexity index is 469. The second-order valence-electron chi connectivity index (χ2n) is 2.35. The van der Waals surface area contributed by atoms with Gasteiger partial charge in [-0.25, -0.2) is 0 Å². The van der Waals surface area contributed by atoms with Gasteiger partial charge >= 0.3 is 0 Å². The van der Waals surface area contributed by atoms with Gasteiger partial charge in [-0.3, -0.25) is 4.98 Å². The lowest BCUT2D eigenvalue weighted by Crippen LogP contribution is -1.96. The molecule has 4 heteroatoms. The van der Waals surface area contributed by atoms with Crippen LogP contribution in [0.15, 0.2) is 18.2 Å². The Morgan fingerprint density at radius 1 is 1.50 bits per heavy atom. The van der Waals surface area contributed by atoms with E-state index in [4.69, 9.17) is 13.1 Å². The fourth-order valence-corrected chi connectivity index (χ4v) is 1.73. The summed E-state index contributed by atoms with van der Waals surface area (Å²) >= 11 is 1.43. The Hall–Kier alpha value is -1.34. The molecule has 0 spiro atoms. The smallest absolute Gasteiger partial charge is 0.157 e. The van der Waals surface area contributed by atoms with Gasteiger partial charge in [0, 0.05) is 4.91 Å². The Balaban J connectivity index is 2.77. The van der Waals surface area contributed by atoms with Crippen LogP contribution >= 0.6 is 11.3 Å². The predicted octanol–water partition coefficient (Wildman–Crippen LogP) is 0.962. The van der Waals surface area contributed by atoms with Crippen LogP contribution in [-0.2, 0) is 0 Å². The molecule has 0 saturated carbocycles. The summed E-state index contributed by atoms with van der Waals surface area (Å²) in [5.74, 6) is 0. The van der Waals surface area contributed by atoms with Crippen LogP contribution in [0.2, 0.25) is 0 Å². The van der Waals surface area contributed by atoms with E-state index in [-0.39, 0.29) is 0 Å². The molecule has 54 valence electrons. The van der Waals surface area contributed by atoms with Crippen LogP contribution in [0.25, 0.3) is 10.2 Å². The van der Waals surface area contributed by atoms with Crippen molar-refractivity contribution in [3.05, 3.63) is 23.8 Å². The van der Waals surface area contributed by atoms with E-state index in [1.54, 1.807) is 12.1 Å². The maximum atomic E-state index is 8.60. The summed E-state index contributed by atoms with van der Waals surface area (Å²) in [5.41, 5.74) is 1.42. The van der Waals surface area contributed by atoms with Crippen LogP contribution in [-0.4, -0.2) is 12.8 Å². The molecule has 0 N–H and O–H groups in total. The molecule has 1 aromatic heterocycles. The van der Waals surface area contributed by atoms with Gasteiger partial charge in [-0.05, 0) is 18.2 Å². The predicted molar refractivity (Wildman–Crippen MR) is 49.7 cm³/mol. The first-order valence-corrected chi connectivity index (χ1v) is 4.17. The molecule has 0 atom stereocenters. The lowest BCUT2D eigenvalue weighted by Gasteiger charge is -1.86. The normalized spacial score (nSPS) is 9.92. The first-order valence-electron chi connectivity index (χ1n) is 3.36. The molecule has 2 radical (unpaired) electrons. The highest BCUT2D eigenvalue weighted by molar-refractivity contribution is 7.25. The molecular formula is C8H3BN2S. The van der Waals surface area contributed by atoms with E-state index in [9.17, 15) is 0 Å². The summed E-state index contributed by atoms with van der Waals surface area (Å²) < 4.78 is 1.02. The van der Waals surface area contributed by atoms with Crippen molar-refractivity contribution in [3.63, 3.8) is 0 Å². The number of rotatable bonds is 0. The number of hydrogen-bond acceptors (Lipinski definition) is 3. The maximum Gasteiger partial charge on any atom is 0.157 e. The second-order valence-corrected chi connectivity index (χ2v) is 3.41. The quantitative estimate of drug-likeness (QED) is 0.552. The lowest BCUT2D eigenvalue weighted by molar-refractivity contribution is 1.48. The summed E-state index contributed by atoms with van der Waals surface area (Å²) in [7, 11) is 5.51. The number of nitrogens with zero attached hydrogens (tertiary/aromatic N) is 2. The molecule has 0 amide bonds. The van der Waals surface area contributed by atoms with Gasteiger partial charge in [0.1, 0.15) is 0 Å². The van der Waals surface area contributed by atoms with Gasteiger partial charge in [-0.15, -0.1) is 11.3 Å². The van der Waals surface area contributed by atoms with Crippen LogP contribution in [0.1, 0.15) is 5.56 Å². The molecule has 0 aliphatic carbocycles. The molecule has 2 aromatic rings. The van der Waals surface area contributed by atoms with Crippen molar-refractivity contribution in [2.75, 3.05) is 0 Å². The summed E-state index contributed by atoms with van der Waals surface area (Å²) in [6.45, 7) is 0. The fraction of sp³-hybridized carbons (Fsp3) is 0. The standard InChI is InChI=1S/C8H3BN2S/c9-8-11-6-3-5(4-10)1-2-7(6)12-8/h1-3H. The Labute approximate surface area is 74.9 Å². The third kappa shape index (κ3) is 1.08. The zero-order chi connectivity index (χ0) is 8.55. The molecule has 0 unspecified atom stereocenters. The molecule has 1 heterocycles. The van der Waals surface area contributed by atoms with Gasteiger partial charge in [-0.1, -0.05) is 0 Å². The van der Waals surface area contributed by atoms with Gasteiger partial charge < -0.3 is 0 Å². The number of benzene rings is 1. The van der Waals surface area contributed by atoms with Gasteiger partial charge in [-0.2, -0.15) is 5.26 Å². The van der Waals surface area contributed by atoms with Crippen LogP contribution in [0, 0.1) is 11.3 Å². The first kappa shape index (κ1) is 7.32. The zero-order valence-corrected chi connectivity index (χ0v) is 6.93. The van der Waals surface area contributed by atoms with Crippen LogP contribution in [0.4, 0.5) is 0 Å². The van der Waals surface area contributed by atoms with Gasteiger partial charge in [0.25, 0.3) is 0 Å². The monoisotopic (exact) mass is 170 g/mol. The number of nitriles is 1. The molecular weight excluding hydrogens is 167 g/mol. The van der Waals surface area contributed by atoms with E-state index in [0.717, 1.165) is 10.2 Å². The Kier molecular flexibility index (Phi) is 1.59. The third-order valence-corrected chi connectivity index (χ3v) is 2.40. The maximum absolute atomic E-state index is 8.60. The van der Waals surface area contributed by atoms with Crippen molar-refractivity contribution < 1.29 is 0 Å². The lowest BCUT2D eigenvalue weighted by atomic mass is 10.2. The number of aromatic nitrogens is 1. The number of fused-ring (bicyclic) bond motifs is 1. The van der Waals surface area contributed by atoms with Gasteiger partial charge in [0.05, 0.1) is 21.8 Å². The van der Waals surface area contributed by atoms with E-state index in [1.165, 1.54) is 11.3 Å². The summed E-state index contributed by atoms with van der Waals surface area (Å²) in [6, 6.07) is 7.42. The number of hydrogen-bond donors (Lipinski definition) is 0. The number of thiazole rings is 1. The second kappa shape index (κ2) is 2.61. The van der Waals surface area contributed by atoms with Gasteiger partial charge in [0.2, 0.25) is 0 Å². The van der Waals surface area contributed by atoms with Crippen molar-refractivity contribution in [1.29, 1.82) is 5.26 Å². The molecule has 2 rings (SSSR count).